The van der Waals surface area contributed by atoms with Gasteiger partial charge in [0.1, 0.15) is 0 Å². The number of hydrogen-bond donors (Lipinski definition) is 0. The molecule has 1 aromatic heterocycles. The Hall–Kier alpha value is -2.45. The minimum Gasteiger partial charge on any atom is -0.245 e. The summed E-state index contributed by atoms with van der Waals surface area (Å²) in [5, 5.41) is 2.55. The summed E-state index contributed by atoms with van der Waals surface area (Å²) in [4.78, 5) is 4.37. The van der Waals surface area contributed by atoms with Crippen LogP contribution in [-0.2, 0) is 0 Å². The van der Waals surface area contributed by atoms with E-state index in [2.05, 4.69) is 71.7 Å². The van der Waals surface area contributed by atoms with Crippen LogP contribution in [0.4, 0.5) is 0 Å². The summed E-state index contributed by atoms with van der Waals surface area (Å²) >= 11 is 1.70. The Morgan fingerprint density at radius 3 is 2.57 bits per heavy atom. The monoisotopic (exact) mass is 287 g/mol. The lowest BCUT2D eigenvalue weighted by Gasteiger charge is -2.01. The lowest BCUT2D eigenvalue weighted by atomic mass is 10.1. The van der Waals surface area contributed by atoms with Gasteiger partial charge in [-0.15, -0.1) is 11.3 Å². The van der Waals surface area contributed by atoms with Crippen molar-refractivity contribution in [1.29, 1.82) is 0 Å². The fraction of sp³-hybridized carbons (Fsp3) is 0. The zero-order chi connectivity index (χ0) is 14.1. The average molecular weight is 287 g/mol. The van der Waals surface area contributed by atoms with E-state index in [1.807, 2.05) is 11.6 Å². The molecule has 0 unspecified atom stereocenters. The molecule has 4 rings (SSSR count). The topological polar surface area (TPSA) is 12.9 Å². The molecular weight excluding hydrogens is 274 g/mol. The molecule has 0 radical (unpaired) electrons. The van der Waals surface area contributed by atoms with Crippen molar-refractivity contribution in [2.24, 2.45) is 0 Å². The lowest BCUT2D eigenvalue weighted by molar-refractivity contribution is 1.51. The van der Waals surface area contributed by atoms with E-state index in [0.717, 1.165) is 5.52 Å². The average Bonchev–Trinajstić information content (AvgIpc) is 3.02. The first-order valence-electron chi connectivity index (χ1n) is 6.89. The smallest absolute Gasteiger partial charge is 0.0818 e. The van der Waals surface area contributed by atoms with Crippen molar-refractivity contribution in [3.05, 3.63) is 77.3 Å². The summed E-state index contributed by atoms with van der Waals surface area (Å²) in [6.45, 7) is 0. The summed E-state index contributed by atoms with van der Waals surface area (Å²) in [5.74, 6) is 0. The van der Waals surface area contributed by atoms with Crippen LogP contribution in [0, 0.1) is 0 Å². The highest BCUT2D eigenvalue weighted by Crippen LogP contribution is 2.28. The second kappa shape index (κ2) is 5.15. The number of thiazole rings is 1. The minimum absolute atomic E-state index is 1.08. The van der Waals surface area contributed by atoms with Crippen LogP contribution in [-0.4, -0.2) is 4.98 Å². The van der Waals surface area contributed by atoms with Gasteiger partial charge in [-0.05, 0) is 28.6 Å². The maximum atomic E-state index is 4.37. The Labute approximate surface area is 127 Å². The zero-order valence-corrected chi connectivity index (χ0v) is 12.2. The van der Waals surface area contributed by atoms with Crippen LogP contribution in [0.3, 0.4) is 0 Å². The zero-order valence-electron chi connectivity index (χ0n) is 11.4. The van der Waals surface area contributed by atoms with E-state index in [1.54, 1.807) is 11.3 Å². The highest BCUT2D eigenvalue weighted by atomic mass is 32.1. The third kappa shape index (κ3) is 2.34. The number of fused-ring (bicyclic) bond motifs is 3. The molecule has 4 aromatic rings. The van der Waals surface area contributed by atoms with Gasteiger partial charge in [0.25, 0.3) is 0 Å². The molecule has 0 amide bonds. The highest BCUT2D eigenvalue weighted by molar-refractivity contribution is 7.17. The third-order valence-corrected chi connectivity index (χ3v) is 4.48. The molecule has 1 nitrogen and oxygen atoms in total. The Bertz CT molecular complexity index is 936. The van der Waals surface area contributed by atoms with Gasteiger partial charge in [0.15, 0.2) is 0 Å². The maximum absolute atomic E-state index is 4.37. The van der Waals surface area contributed by atoms with Crippen LogP contribution >= 0.6 is 11.3 Å². The van der Waals surface area contributed by atoms with Crippen molar-refractivity contribution < 1.29 is 0 Å². The van der Waals surface area contributed by atoms with Gasteiger partial charge in [-0.2, -0.15) is 0 Å². The van der Waals surface area contributed by atoms with E-state index in [9.17, 15) is 0 Å². The molecule has 2 heteroatoms. The van der Waals surface area contributed by atoms with Crippen LogP contribution in [0.2, 0.25) is 0 Å². The molecule has 0 bridgehead atoms. The largest absolute Gasteiger partial charge is 0.245 e. The van der Waals surface area contributed by atoms with Gasteiger partial charge in [-0.25, -0.2) is 4.98 Å². The third-order valence-electron chi connectivity index (χ3n) is 3.60. The molecule has 0 N–H and O–H groups in total. The molecule has 0 aliphatic heterocycles. The summed E-state index contributed by atoms with van der Waals surface area (Å²) in [6.07, 6.45) is 4.30. The lowest BCUT2D eigenvalue weighted by Crippen LogP contribution is -1.77. The van der Waals surface area contributed by atoms with Gasteiger partial charge in [-0.3, -0.25) is 0 Å². The highest BCUT2D eigenvalue weighted by Gasteiger charge is 2.02. The summed E-state index contributed by atoms with van der Waals surface area (Å²) in [7, 11) is 0. The van der Waals surface area contributed by atoms with E-state index in [1.165, 1.54) is 26.6 Å². The first-order chi connectivity index (χ1) is 10.4. The molecule has 3 aromatic carbocycles. The Kier molecular flexibility index (Phi) is 3.02. The predicted octanol–water partition coefficient (Wildman–Crippen LogP) is 5.62. The van der Waals surface area contributed by atoms with Crippen molar-refractivity contribution in [2.75, 3.05) is 0 Å². The Morgan fingerprint density at radius 2 is 1.67 bits per heavy atom. The Balaban J connectivity index is 1.77. The number of rotatable bonds is 2. The molecule has 0 aliphatic carbocycles. The standard InChI is InChI=1S/C19H13NS/c1-2-4-14(5-3-1)6-7-15-8-10-17-16(12-15)9-11-18-19(17)21-13-20-18/h1-13H/b7-6+. The second-order valence-corrected chi connectivity index (χ2v) is 5.85. The van der Waals surface area contributed by atoms with E-state index < -0.39 is 0 Å². The van der Waals surface area contributed by atoms with Gasteiger partial charge in [0.05, 0.1) is 15.7 Å². The molecular formula is C19H13NS. The minimum atomic E-state index is 1.08. The van der Waals surface area contributed by atoms with Crippen LogP contribution in [0.5, 0.6) is 0 Å². The van der Waals surface area contributed by atoms with Gasteiger partial charge >= 0.3 is 0 Å². The van der Waals surface area contributed by atoms with Gasteiger partial charge < -0.3 is 0 Å². The SMILES string of the molecule is C(=C\c1ccc2c(ccc3ncsc32)c1)/c1ccccc1. The van der Waals surface area contributed by atoms with Crippen LogP contribution < -0.4 is 0 Å². The van der Waals surface area contributed by atoms with E-state index in [0.29, 0.717) is 0 Å². The molecule has 0 fully saturated rings. The van der Waals surface area contributed by atoms with Gasteiger partial charge in [-0.1, -0.05) is 60.7 Å². The normalized spacial score (nSPS) is 11.6. The predicted molar refractivity (Wildman–Crippen MR) is 92.5 cm³/mol. The molecule has 100 valence electrons. The van der Waals surface area contributed by atoms with Gasteiger partial charge in [0.2, 0.25) is 0 Å². The van der Waals surface area contributed by atoms with Crippen molar-refractivity contribution >= 4 is 44.5 Å². The summed E-state index contributed by atoms with van der Waals surface area (Å²) in [6, 6.07) is 21.2. The van der Waals surface area contributed by atoms with Crippen LogP contribution in [0.1, 0.15) is 11.1 Å². The molecule has 0 atom stereocenters. The number of aromatic nitrogens is 1. The molecule has 0 saturated heterocycles. The maximum Gasteiger partial charge on any atom is 0.0818 e. The summed E-state index contributed by atoms with van der Waals surface area (Å²) < 4.78 is 1.27. The molecule has 0 saturated carbocycles. The van der Waals surface area contributed by atoms with Crippen LogP contribution in [0.25, 0.3) is 33.1 Å². The van der Waals surface area contributed by atoms with Crippen molar-refractivity contribution in [3.8, 4) is 0 Å². The van der Waals surface area contributed by atoms with Crippen molar-refractivity contribution in [3.63, 3.8) is 0 Å². The van der Waals surface area contributed by atoms with Crippen molar-refractivity contribution in [1.82, 2.24) is 4.98 Å². The first kappa shape index (κ1) is 12.3. The number of nitrogens with zero attached hydrogens (tertiary/aromatic N) is 1. The number of benzene rings is 3. The van der Waals surface area contributed by atoms with Crippen LogP contribution in [0.15, 0.2) is 66.2 Å². The molecule has 0 spiro atoms. The molecule has 1 heterocycles. The quantitative estimate of drug-likeness (QED) is 0.436. The Morgan fingerprint density at radius 1 is 0.810 bits per heavy atom. The fourth-order valence-corrected chi connectivity index (χ4v) is 3.36. The van der Waals surface area contributed by atoms with E-state index >= 15 is 0 Å². The van der Waals surface area contributed by atoms with E-state index in [-0.39, 0.29) is 0 Å². The molecule has 0 aliphatic rings. The van der Waals surface area contributed by atoms with Crippen molar-refractivity contribution in [2.45, 2.75) is 0 Å². The summed E-state index contributed by atoms with van der Waals surface area (Å²) in [5.41, 5.74) is 5.43. The molecule has 21 heavy (non-hydrogen) atoms. The first-order valence-corrected chi connectivity index (χ1v) is 7.77. The fourth-order valence-electron chi connectivity index (χ4n) is 2.53. The number of hydrogen-bond acceptors (Lipinski definition) is 2. The van der Waals surface area contributed by atoms with Gasteiger partial charge in [0, 0.05) is 5.39 Å². The van der Waals surface area contributed by atoms with E-state index in [4.69, 9.17) is 0 Å². The second-order valence-electron chi connectivity index (χ2n) is 4.99.